The summed E-state index contributed by atoms with van der Waals surface area (Å²) in [5.74, 6) is -0.653. The predicted molar refractivity (Wildman–Crippen MR) is 50.7 cm³/mol. The molecule has 0 spiro atoms. The van der Waals surface area contributed by atoms with Crippen molar-refractivity contribution in [3.63, 3.8) is 0 Å². The van der Waals surface area contributed by atoms with E-state index in [4.69, 9.17) is 0 Å². The molecule has 1 aromatic carbocycles. The van der Waals surface area contributed by atoms with Gasteiger partial charge < -0.3 is 4.74 Å². The number of alkyl halides is 3. The smallest absolute Gasteiger partial charge is 0.457 e. The lowest BCUT2D eigenvalue weighted by Gasteiger charge is -2.11. The van der Waals surface area contributed by atoms with Gasteiger partial charge in [-0.25, -0.2) is 10.1 Å². The van der Waals surface area contributed by atoms with Gasteiger partial charge in [-0.05, 0) is 11.6 Å². The first-order valence-electron chi connectivity index (χ1n) is 4.42. The van der Waals surface area contributed by atoms with E-state index < -0.39 is 18.8 Å². The van der Waals surface area contributed by atoms with Crippen LogP contribution in [0.15, 0.2) is 24.3 Å². The second-order valence-electron chi connectivity index (χ2n) is 3.00. The molecule has 0 radical (unpaired) electrons. The number of hydrogen-bond donors (Lipinski definition) is 1. The summed E-state index contributed by atoms with van der Waals surface area (Å²) in [7, 11) is 1.18. The van der Waals surface area contributed by atoms with E-state index in [1.54, 1.807) is 12.1 Å². The number of nitrogens with one attached hydrogen (secondary N) is 1. The van der Waals surface area contributed by atoms with E-state index in [1.807, 2.05) is 0 Å². The number of rotatable bonds is 3. The fraction of sp³-hybridized carbons (Fsp3) is 0.300. The molecular weight excluding hydrogens is 223 g/mol. The predicted octanol–water partition coefficient (Wildman–Crippen LogP) is 2.08. The van der Waals surface area contributed by atoms with Crippen LogP contribution in [0, 0.1) is 0 Å². The molecule has 88 valence electrons. The minimum Gasteiger partial charge on any atom is -0.465 e. The van der Waals surface area contributed by atoms with Crippen LogP contribution in [-0.4, -0.2) is 19.4 Å². The Morgan fingerprint density at radius 2 is 2.00 bits per heavy atom. The molecule has 0 aromatic heterocycles. The van der Waals surface area contributed by atoms with Gasteiger partial charge in [0, 0.05) is 6.54 Å². The topological polar surface area (TPSA) is 38.3 Å². The van der Waals surface area contributed by atoms with E-state index in [0.717, 1.165) is 0 Å². The van der Waals surface area contributed by atoms with Crippen LogP contribution in [0.25, 0.3) is 0 Å². The molecule has 0 unspecified atom stereocenters. The number of hydrogen-bond acceptors (Lipinski definition) is 3. The first kappa shape index (κ1) is 12.5. The summed E-state index contributed by atoms with van der Waals surface area (Å²) in [6.45, 7) is -0.464. The lowest BCUT2D eigenvalue weighted by Crippen LogP contribution is -2.31. The summed E-state index contributed by atoms with van der Waals surface area (Å²) in [6, 6.07) is 5.97. The molecule has 6 heteroatoms. The Bertz CT molecular complexity index is 377. The van der Waals surface area contributed by atoms with Crippen molar-refractivity contribution in [3.05, 3.63) is 35.4 Å². The number of benzene rings is 1. The quantitative estimate of drug-likeness (QED) is 0.641. The van der Waals surface area contributed by atoms with Crippen LogP contribution in [0.3, 0.4) is 0 Å². The lowest BCUT2D eigenvalue weighted by atomic mass is 10.1. The summed E-state index contributed by atoms with van der Waals surface area (Å²) in [5.41, 5.74) is 0.369. The van der Waals surface area contributed by atoms with Crippen molar-refractivity contribution in [2.75, 3.05) is 7.11 Å². The van der Waals surface area contributed by atoms with Crippen molar-refractivity contribution in [1.29, 1.82) is 0 Å². The zero-order valence-electron chi connectivity index (χ0n) is 8.47. The summed E-state index contributed by atoms with van der Waals surface area (Å²) < 4.78 is 40.2. The first-order valence-corrected chi connectivity index (χ1v) is 4.42. The molecule has 3 nitrogen and oxygen atoms in total. The van der Waals surface area contributed by atoms with Gasteiger partial charge in [0.05, 0.1) is 12.7 Å². The standard InChI is InChI=1S/C10H10F3NO2/c1-16-9(15)8-5-3-2-4-7(8)6-14-10(11,12)13/h2-5,14H,6H2,1H3. The summed E-state index contributed by atoms with van der Waals surface area (Å²) in [5, 5.41) is 1.35. The van der Waals surface area contributed by atoms with E-state index in [9.17, 15) is 18.0 Å². The molecule has 1 N–H and O–H groups in total. The molecule has 1 rings (SSSR count). The molecule has 0 heterocycles. The van der Waals surface area contributed by atoms with Crippen LogP contribution in [0.2, 0.25) is 0 Å². The number of carbonyl (C=O) groups is 1. The van der Waals surface area contributed by atoms with Gasteiger partial charge in [0.25, 0.3) is 0 Å². The van der Waals surface area contributed by atoms with Gasteiger partial charge in [-0.2, -0.15) is 13.2 Å². The maximum Gasteiger partial charge on any atom is 0.457 e. The molecular formula is C10H10F3NO2. The molecule has 0 fully saturated rings. The molecule has 0 saturated heterocycles. The van der Waals surface area contributed by atoms with Gasteiger partial charge in [-0.3, -0.25) is 0 Å². The van der Waals surface area contributed by atoms with E-state index in [0.29, 0.717) is 0 Å². The van der Waals surface area contributed by atoms with Crippen molar-refractivity contribution < 1.29 is 22.7 Å². The van der Waals surface area contributed by atoms with Gasteiger partial charge >= 0.3 is 12.3 Å². The van der Waals surface area contributed by atoms with Gasteiger partial charge in [0.1, 0.15) is 0 Å². The Labute approximate surface area is 90.2 Å². The Kier molecular flexibility index (Phi) is 3.89. The third-order valence-corrected chi connectivity index (χ3v) is 1.90. The van der Waals surface area contributed by atoms with Crippen LogP contribution < -0.4 is 5.32 Å². The van der Waals surface area contributed by atoms with Crippen LogP contribution in [-0.2, 0) is 11.3 Å². The second kappa shape index (κ2) is 4.98. The molecule has 0 aliphatic rings. The molecule has 1 aromatic rings. The highest BCUT2D eigenvalue weighted by atomic mass is 19.4. The van der Waals surface area contributed by atoms with E-state index in [-0.39, 0.29) is 11.1 Å². The zero-order chi connectivity index (χ0) is 12.2. The maximum absolute atomic E-state index is 11.9. The number of ether oxygens (including phenoxy) is 1. The highest BCUT2D eigenvalue weighted by Crippen LogP contribution is 2.14. The number of esters is 1. The first-order chi connectivity index (χ1) is 7.44. The molecule has 0 saturated carbocycles. The highest BCUT2D eigenvalue weighted by Gasteiger charge is 2.26. The highest BCUT2D eigenvalue weighted by molar-refractivity contribution is 5.90. The van der Waals surface area contributed by atoms with E-state index >= 15 is 0 Å². The van der Waals surface area contributed by atoms with Gasteiger partial charge in [0.2, 0.25) is 0 Å². The van der Waals surface area contributed by atoms with E-state index in [1.165, 1.54) is 24.6 Å². The summed E-state index contributed by atoms with van der Waals surface area (Å²) in [4.78, 5) is 11.2. The molecule has 0 bridgehead atoms. The summed E-state index contributed by atoms with van der Waals surface area (Å²) in [6.07, 6.45) is -4.47. The zero-order valence-corrected chi connectivity index (χ0v) is 8.47. The van der Waals surface area contributed by atoms with Crippen LogP contribution in [0.4, 0.5) is 13.2 Å². The third-order valence-electron chi connectivity index (χ3n) is 1.90. The van der Waals surface area contributed by atoms with Crippen molar-refractivity contribution >= 4 is 5.97 Å². The molecule has 0 amide bonds. The second-order valence-corrected chi connectivity index (χ2v) is 3.00. The third kappa shape index (κ3) is 3.54. The number of carbonyl (C=O) groups excluding carboxylic acids is 1. The minimum atomic E-state index is -4.47. The minimum absolute atomic E-state index is 0.127. The van der Waals surface area contributed by atoms with Crippen molar-refractivity contribution in [2.24, 2.45) is 0 Å². The summed E-state index contributed by atoms with van der Waals surface area (Å²) >= 11 is 0. The lowest BCUT2D eigenvalue weighted by molar-refractivity contribution is -0.158. The van der Waals surface area contributed by atoms with Gasteiger partial charge in [0.15, 0.2) is 0 Å². The van der Waals surface area contributed by atoms with Crippen molar-refractivity contribution in [1.82, 2.24) is 5.32 Å². The number of methoxy groups -OCH3 is 1. The fourth-order valence-electron chi connectivity index (χ4n) is 1.18. The van der Waals surface area contributed by atoms with Crippen LogP contribution >= 0.6 is 0 Å². The van der Waals surface area contributed by atoms with Gasteiger partial charge in [-0.15, -0.1) is 0 Å². The molecule has 16 heavy (non-hydrogen) atoms. The Morgan fingerprint density at radius 1 is 1.38 bits per heavy atom. The van der Waals surface area contributed by atoms with Crippen LogP contribution in [0.1, 0.15) is 15.9 Å². The molecule has 0 aliphatic heterocycles. The Morgan fingerprint density at radius 3 is 2.56 bits per heavy atom. The molecule has 0 aliphatic carbocycles. The maximum atomic E-state index is 11.9. The van der Waals surface area contributed by atoms with Crippen molar-refractivity contribution in [3.8, 4) is 0 Å². The SMILES string of the molecule is COC(=O)c1ccccc1CNC(F)(F)F. The molecule has 0 atom stereocenters. The monoisotopic (exact) mass is 233 g/mol. The fourth-order valence-corrected chi connectivity index (χ4v) is 1.18. The Hall–Kier alpha value is -1.56. The average Bonchev–Trinajstić information content (AvgIpc) is 2.25. The van der Waals surface area contributed by atoms with Crippen LogP contribution in [0.5, 0.6) is 0 Å². The van der Waals surface area contributed by atoms with Gasteiger partial charge in [-0.1, -0.05) is 18.2 Å². The largest absolute Gasteiger partial charge is 0.465 e. The number of halogens is 3. The average molecular weight is 233 g/mol. The van der Waals surface area contributed by atoms with Crippen molar-refractivity contribution in [2.45, 2.75) is 12.8 Å². The Balaban J connectivity index is 2.83. The normalized spacial score (nSPS) is 11.2. The van der Waals surface area contributed by atoms with E-state index in [2.05, 4.69) is 4.74 Å².